The van der Waals surface area contributed by atoms with Crippen molar-refractivity contribution >= 4 is 11.9 Å². The van der Waals surface area contributed by atoms with Gasteiger partial charge in [0.1, 0.15) is 0 Å². The molecule has 4 atom stereocenters. The first kappa shape index (κ1) is 29.2. The van der Waals surface area contributed by atoms with E-state index in [0.29, 0.717) is 37.6 Å². The van der Waals surface area contributed by atoms with E-state index in [1.165, 1.54) is 0 Å². The normalized spacial score (nSPS) is 22.7. The Labute approximate surface area is 221 Å². The summed E-state index contributed by atoms with van der Waals surface area (Å²) in [6.45, 7) is 10.8. The van der Waals surface area contributed by atoms with Crippen molar-refractivity contribution in [3.63, 3.8) is 0 Å². The van der Waals surface area contributed by atoms with E-state index in [0.717, 1.165) is 44.1 Å². The molecule has 1 aromatic rings. The number of carboxylic acids is 1. The predicted octanol–water partition coefficient (Wildman–Crippen LogP) is 4.50. The number of hydrogen-bond donors (Lipinski definition) is 2. The highest BCUT2D eigenvalue weighted by molar-refractivity contribution is 5.79. The lowest BCUT2D eigenvalue weighted by molar-refractivity contribution is -0.144. The summed E-state index contributed by atoms with van der Waals surface area (Å²) in [5.41, 5.74) is 0.908. The minimum absolute atomic E-state index is 0.00300. The minimum atomic E-state index is -0.819. The number of carboxylic acid groups (broad SMARTS) is 1. The fourth-order valence-corrected chi connectivity index (χ4v) is 6.01. The van der Waals surface area contributed by atoms with Gasteiger partial charge in [-0.25, -0.2) is 0 Å². The number of aliphatic carboxylic acids is 1. The molecule has 3 rings (SSSR count). The lowest BCUT2D eigenvalue weighted by atomic mass is 9.73. The fourth-order valence-electron chi connectivity index (χ4n) is 6.01. The molecule has 0 aliphatic carbocycles. The third kappa shape index (κ3) is 7.17. The quantitative estimate of drug-likeness (QED) is 0.353. The van der Waals surface area contributed by atoms with Crippen LogP contribution in [0.2, 0.25) is 0 Å². The van der Waals surface area contributed by atoms with Crippen LogP contribution in [-0.4, -0.2) is 77.5 Å². The molecule has 2 heterocycles. The van der Waals surface area contributed by atoms with Gasteiger partial charge >= 0.3 is 5.97 Å². The number of rotatable bonds is 15. The number of ether oxygens (including phenoxy) is 2. The molecule has 0 radical (unpaired) electrons. The number of hydrogen-bond acceptors (Lipinski definition) is 6. The second-order valence-electron chi connectivity index (χ2n) is 11.0. The van der Waals surface area contributed by atoms with Crippen molar-refractivity contribution in [2.75, 3.05) is 39.6 Å². The van der Waals surface area contributed by atoms with Gasteiger partial charge in [-0.1, -0.05) is 53.0 Å². The number of likely N-dealkylation sites (tertiary alicyclic amines) is 1. The van der Waals surface area contributed by atoms with Crippen molar-refractivity contribution in [1.29, 1.82) is 0 Å². The minimum Gasteiger partial charge on any atom is -0.481 e. The monoisotopic (exact) mass is 518 g/mol. The van der Waals surface area contributed by atoms with Crippen LogP contribution in [0.25, 0.3) is 0 Å². The molecule has 1 saturated heterocycles. The Bertz CT molecular complexity index is 900. The molecule has 0 bridgehead atoms. The molecule has 8 nitrogen and oxygen atoms in total. The number of fused-ring (bicyclic) bond motifs is 1. The molecule has 1 amide bonds. The average Bonchev–Trinajstić information content (AvgIpc) is 3.48. The number of carbonyl (C=O) groups is 2. The van der Waals surface area contributed by atoms with Gasteiger partial charge < -0.3 is 24.6 Å². The zero-order valence-corrected chi connectivity index (χ0v) is 23.1. The van der Waals surface area contributed by atoms with E-state index in [2.05, 4.69) is 32.6 Å². The Morgan fingerprint density at radius 3 is 2.49 bits per heavy atom. The molecule has 1 unspecified atom stereocenters. The summed E-state index contributed by atoms with van der Waals surface area (Å²) in [4.78, 5) is 30.3. The highest BCUT2D eigenvalue weighted by Crippen LogP contribution is 2.46. The van der Waals surface area contributed by atoms with Gasteiger partial charge in [0.15, 0.2) is 11.5 Å². The maximum atomic E-state index is 13.5. The smallest absolute Gasteiger partial charge is 0.308 e. The van der Waals surface area contributed by atoms with Crippen LogP contribution in [0.1, 0.15) is 84.1 Å². The zero-order chi connectivity index (χ0) is 27.0. The molecular weight excluding hydrogens is 472 g/mol. The van der Waals surface area contributed by atoms with Gasteiger partial charge in [-0.2, -0.15) is 0 Å². The first-order valence-corrected chi connectivity index (χ1v) is 14.0. The topological polar surface area (TPSA) is 99.5 Å². The molecule has 2 aliphatic heterocycles. The molecule has 2 N–H and O–H groups in total. The Kier molecular flexibility index (Phi) is 10.6. The Morgan fingerprint density at radius 2 is 1.84 bits per heavy atom. The molecule has 37 heavy (non-hydrogen) atoms. The van der Waals surface area contributed by atoms with Crippen LogP contribution in [-0.2, 0) is 9.59 Å². The molecule has 0 aromatic heterocycles. The second kappa shape index (κ2) is 13.5. The standard InChI is InChI=1S/C29H46N2O6/c1-5-8-13-30(14-9-15-32)26(33)19-31-18-22(21-10-11-24-25(16-21)37-20-36-24)27(28(34)35)23(31)17-29(4,7-3)12-6-2/h10-11,16,22-23,27,32H,5-9,12-15,17-20H2,1-4H3,(H,34,35)/t22-,23+,27-,29?/m1/s1. The summed E-state index contributed by atoms with van der Waals surface area (Å²) in [5, 5.41) is 19.8. The number of carbonyl (C=O) groups excluding carboxylic acids is 1. The number of aliphatic hydroxyl groups excluding tert-OH is 1. The molecule has 1 fully saturated rings. The summed E-state index contributed by atoms with van der Waals surface area (Å²) in [7, 11) is 0. The van der Waals surface area contributed by atoms with Crippen LogP contribution in [0.5, 0.6) is 11.5 Å². The summed E-state index contributed by atoms with van der Waals surface area (Å²) >= 11 is 0. The van der Waals surface area contributed by atoms with Gasteiger partial charge in [-0.15, -0.1) is 0 Å². The average molecular weight is 519 g/mol. The molecular formula is C29H46N2O6. The van der Waals surface area contributed by atoms with E-state index in [1.807, 2.05) is 23.1 Å². The van der Waals surface area contributed by atoms with Crippen molar-refractivity contribution in [2.45, 2.75) is 84.6 Å². The predicted molar refractivity (Wildman–Crippen MR) is 143 cm³/mol. The van der Waals surface area contributed by atoms with Crippen LogP contribution >= 0.6 is 0 Å². The van der Waals surface area contributed by atoms with E-state index >= 15 is 0 Å². The van der Waals surface area contributed by atoms with E-state index in [1.54, 1.807) is 0 Å². The molecule has 1 aromatic carbocycles. The van der Waals surface area contributed by atoms with Crippen molar-refractivity contribution in [3.8, 4) is 11.5 Å². The lowest BCUT2D eigenvalue weighted by Crippen LogP contribution is -2.46. The van der Waals surface area contributed by atoms with Gasteiger partial charge in [0, 0.05) is 38.2 Å². The van der Waals surface area contributed by atoms with Gasteiger partial charge in [0.25, 0.3) is 0 Å². The Hall–Kier alpha value is -2.32. The van der Waals surface area contributed by atoms with Crippen molar-refractivity contribution < 1.29 is 29.3 Å². The molecule has 8 heteroatoms. The second-order valence-corrected chi connectivity index (χ2v) is 11.0. The highest BCUT2D eigenvalue weighted by Gasteiger charge is 2.49. The Morgan fingerprint density at radius 1 is 1.11 bits per heavy atom. The zero-order valence-electron chi connectivity index (χ0n) is 23.1. The first-order valence-electron chi connectivity index (χ1n) is 14.0. The van der Waals surface area contributed by atoms with Crippen molar-refractivity contribution in [1.82, 2.24) is 9.80 Å². The molecule has 0 spiro atoms. The van der Waals surface area contributed by atoms with E-state index in [4.69, 9.17) is 9.47 Å². The van der Waals surface area contributed by atoms with Crippen molar-refractivity contribution in [3.05, 3.63) is 23.8 Å². The van der Waals surface area contributed by atoms with Crippen LogP contribution in [0, 0.1) is 11.3 Å². The number of unbranched alkanes of at least 4 members (excludes halogenated alkanes) is 1. The largest absolute Gasteiger partial charge is 0.481 e. The summed E-state index contributed by atoms with van der Waals surface area (Å²) < 4.78 is 11.1. The maximum Gasteiger partial charge on any atom is 0.308 e. The fraction of sp³-hybridized carbons (Fsp3) is 0.724. The van der Waals surface area contributed by atoms with Crippen molar-refractivity contribution in [2.24, 2.45) is 11.3 Å². The van der Waals surface area contributed by atoms with Gasteiger partial charge in [0.2, 0.25) is 12.7 Å². The Balaban J connectivity index is 1.92. The highest BCUT2D eigenvalue weighted by atomic mass is 16.7. The third-order valence-electron chi connectivity index (χ3n) is 8.33. The molecule has 208 valence electrons. The van der Waals surface area contributed by atoms with E-state index in [9.17, 15) is 19.8 Å². The molecule has 0 saturated carbocycles. The van der Waals surface area contributed by atoms with Gasteiger partial charge in [0.05, 0.1) is 12.5 Å². The maximum absolute atomic E-state index is 13.5. The van der Waals surface area contributed by atoms with Gasteiger partial charge in [-0.3, -0.25) is 14.5 Å². The number of aliphatic hydroxyl groups is 1. The SMILES string of the molecule is CCCCN(CCCO)C(=O)CN1C[C@H](c2ccc3c(c2)OCO3)[C@@H](C(=O)O)[C@@H]1CC(C)(CC)CCC. The van der Waals surface area contributed by atoms with Crippen LogP contribution in [0.3, 0.4) is 0 Å². The van der Waals surface area contributed by atoms with Crippen LogP contribution < -0.4 is 9.47 Å². The summed E-state index contributed by atoms with van der Waals surface area (Å²) in [5.74, 6) is -0.371. The molecule has 2 aliphatic rings. The van der Waals surface area contributed by atoms with E-state index < -0.39 is 11.9 Å². The van der Waals surface area contributed by atoms with Crippen LogP contribution in [0.15, 0.2) is 18.2 Å². The third-order valence-corrected chi connectivity index (χ3v) is 8.33. The lowest BCUT2D eigenvalue weighted by Gasteiger charge is -2.37. The van der Waals surface area contributed by atoms with E-state index in [-0.39, 0.29) is 43.2 Å². The van der Waals surface area contributed by atoms with Gasteiger partial charge in [-0.05, 0) is 48.8 Å². The number of amides is 1. The summed E-state index contributed by atoms with van der Waals surface area (Å²) in [6.07, 6.45) is 6.17. The summed E-state index contributed by atoms with van der Waals surface area (Å²) in [6, 6.07) is 5.45. The number of nitrogens with zero attached hydrogens (tertiary/aromatic N) is 2. The van der Waals surface area contributed by atoms with Crippen LogP contribution in [0.4, 0.5) is 0 Å². The first-order chi connectivity index (χ1) is 17.8. The number of benzene rings is 1.